The van der Waals surface area contributed by atoms with Gasteiger partial charge in [0, 0.05) is 31.9 Å². The Bertz CT molecular complexity index is 520. The van der Waals surface area contributed by atoms with Crippen molar-refractivity contribution >= 4 is 12.0 Å². The molecular formula is C13H17N3O4. The average Bonchev–Trinajstić information content (AvgIpc) is 2.80. The Morgan fingerprint density at radius 3 is 2.95 bits per heavy atom. The highest BCUT2D eigenvalue weighted by atomic mass is 16.4. The first-order valence-corrected chi connectivity index (χ1v) is 6.34. The third kappa shape index (κ3) is 3.05. The second-order valence-corrected chi connectivity index (χ2v) is 4.86. The number of hydrogen-bond acceptors (Lipinski definition) is 4. The van der Waals surface area contributed by atoms with Gasteiger partial charge in [0.2, 0.25) is 0 Å². The molecule has 0 unspecified atom stereocenters. The van der Waals surface area contributed by atoms with Crippen LogP contribution >= 0.6 is 0 Å². The number of aliphatic carboxylic acids is 1. The van der Waals surface area contributed by atoms with Crippen LogP contribution in [0.4, 0.5) is 4.79 Å². The van der Waals surface area contributed by atoms with Gasteiger partial charge >= 0.3 is 12.0 Å². The van der Waals surface area contributed by atoms with E-state index in [1.165, 1.54) is 0 Å². The molecule has 0 aromatic carbocycles. The minimum atomic E-state index is -1.10. The number of carboxylic acids is 1. The Balaban J connectivity index is 1.98. The maximum absolute atomic E-state index is 12.0. The zero-order chi connectivity index (χ0) is 14.7. The van der Waals surface area contributed by atoms with Crippen molar-refractivity contribution in [2.24, 2.45) is 0 Å². The summed E-state index contributed by atoms with van der Waals surface area (Å²) in [6.07, 6.45) is 2.61. The van der Waals surface area contributed by atoms with Crippen molar-refractivity contribution in [2.75, 3.05) is 6.54 Å². The van der Waals surface area contributed by atoms with E-state index in [1.807, 2.05) is 6.92 Å². The molecule has 1 aliphatic heterocycles. The number of nitrogens with one attached hydrogen (secondary N) is 1. The smallest absolute Gasteiger partial charge is 0.326 e. The molecular weight excluding hydrogens is 262 g/mol. The number of aromatic nitrogens is 1. The van der Waals surface area contributed by atoms with E-state index in [4.69, 9.17) is 5.11 Å². The summed E-state index contributed by atoms with van der Waals surface area (Å²) in [5, 5.41) is 21.2. The van der Waals surface area contributed by atoms with Crippen LogP contribution in [-0.4, -0.2) is 50.8 Å². The summed E-state index contributed by atoms with van der Waals surface area (Å²) in [6.45, 7) is 2.22. The number of carbonyl (C=O) groups excluding carboxylic acids is 1. The number of amides is 2. The van der Waals surface area contributed by atoms with Crippen LogP contribution in [0.5, 0.6) is 0 Å². The van der Waals surface area contributed by atoms with Gasteiger partial charge in [0.05, 0.1) is 6.10 Å². The van der Waals surface area contributed by atoms with Crippen molar-refractivity contribution in [2.45, 2.75) is 32.0 Å². The minimum absolute atomic E-state index is 0.0398. The maximum atomic E-state index is 12.0. The van der Waals surface area contributed by atoms with Gasteiger partial charge in [-0.1, -0.05) is 0 Å². The lowest BCUT2D eigenvalue weighted by atomic mass is 10.1. The summed E-state index contributed by atoms with van der Waals surface area (Å²) in [5.41, 5.74) is 1.86. The highest BCUT2D eigenvalue weighted by Gasteiger charge is 2.38. The maximum Gasteiger partial charge on any atom is 0.326 e. The topological polar surface area (TPSA) is 103 Å². The van der Waals surface area contributed by atoms with Crippen molar-refractivity contribution < 1.29 is 19.8 Å². The van der Waals surface area contributed by atoms with E-state index in [2.05, 4.69) is 10.3 Å². The molecule has 7 heteroatoms. The summed E-state index contributed by atoms with van der Waals surface area (Å²) in [7, 11) is 0. The summed E-state index contributed by atoms with van der Waals surface area (Å²) >= 11 is 0. The number of nitrogens with zero attached hydrogens (tertiary/aromatic N) is 2. The van der Waals surface area contributed by atoms with Crippen LogP contribution in [0, 0.1) is 6.92 Å². The Labute approximate surface area is 116 Å². The lowest BCUT2D eigenvalue weighted by Gasteiger charge is -2.21. The van der Waals surface area contributed by atoms with E-state index in [0.717, 1.165) is 16.0 Å². The molecule has 1 aromatic rings. The molecule has 0 saturated carbocycles. The fraction of sp³-hybridized carbons (Fsp3) is 0.462. The summed E-state index contributed by atoms with van der Waals surface area (Å²) in [4.78, 5) is 28.2. The standard InChI is InChI=1S/C13H17N3O4/c1-8-5-14-3-2-9(8)6-15-13(20)16-7-10(17)4-11(16)12(18)19/h2-3,5,10-11,17H,4,6-7H2,1H3,(H,15,20)(H,18,19)/t10-,11-/m0/s1. The molecule has 2 heterocycles. The van der Waals surface area contributed by atoms with Crippen LogP contribution in [-0.2, 0) is 11.3 Å². The van der Waals surface area contributed by atoms with Crippen molar-refractivity contribution in [3.05, 3.63) is 29.6 Å². The van der Waals surface area contributed by atoms with Crippen molar-refractivity contribution in [3.8, 4) is 0 Å². The second kappa shape index (κ2) is 5.87. The first kappa shape index (κ1) is 14.3. The Morgan fingerprint density at radius 1 is 1.55 bits per heavy atom. The molecule has 108 valence electrons. The predicted octanol–water partition coefficient (Wildman–Crippen LogP) is 0.119. The number of aliphatic hydroxyl groups excluding tert-OH is 1. The van der Waals surface area contributed by atoms with Crippen molar-refractivity contribution in [1.29, 1.82) is 0 Å². The molecule has 0 bridgehead atoms. The van der Waals surface area contributed by atoms with Crippen LogP contribution in [0.25, 0.3) is 0 Å². The molecule has 0 radical (unpaired) electrons. The number of rotatable bonds is 3. The van der Waals surface area contributed by atoms with Gasteiger partial charge in [-0.15, -0.1) is 0 Å². The van der Waals surface area contributed by atoms with Crippen molar-refractivity contribution in [1.82, 2.24) is 15.2 Å². The SMILES string of the molecule is Cc1cnccc1CNC(=O)N1C[C@@H](O)C[C@H]1C(=O)O. The van der Waals surface area contributed by atoms with Gasteiger partial charge in [0.25, 0.3) is 0 Å². The van der Waals surface area contributed by atoms with E-state index in [9.17, 15) is 14.7 Å². The highest BCUT2D eigenvalue weighted by molar-refractivity contribution is 5.83. The van der Waals surface area contributed by atoms with Gasteiger partial charge in [-0.25, -0.2) is 9.59 Å². The van der Waals surface area contributed by atoms with Gasteiger partial charge in [-0.2, -0.15) is 0 Å². The molecule has 1 saturated heterocycles. The minimum Gasteiger partial charge on any atom is -0.480 e. The van der Waals surface area contributed by atoms with E-state index in [0.29, 0.717) is 6.54 Å². The summed E-state index contributed by atoms with van der Waals surface area (Å²) < 4.78 is 0. The fourth-order valence-electron chi connectivity index (χ4n) is 2.25. The lowest BCUT2D eigenvalue weighted by Crippen LogP contribution is -2.46. The predicted molar refractivity (Wildman–Crippen MR) is 70.0 cm³/mol. The van der Waals surface area contributed by atoms with Crippen molar-refractivity contribution in [3.63, 3.8) is 0 Å². The van der Waals surface area contributed by atoms with Gasteiger partial charge in [-0.3, -0.25) is 4.98 Å². The molecule has 2 amide bonds. The van der Waals surface area contributed by atoms with Gasteiger partial charge < -0.3 is 20.4 Å². The number of carbonyl (C=O) groups is 2. The third-order valence-corrected chi connectivity index (χ3v) is 3.39. The molecule has 1 aliphatic rings. The monoisotopic (exact) mass is 279 g/mol. The number of urea groups is 1. The average molecular weight is 279 g/mol. The Kier molecular flexibility index (Phi) is 4.19. The van der Waals surface area contributed by atoms with E-state index in [-0.39, 0.29) is 13.0 Å². The number of β-amino-alcohol motifs (C(OH)–C–C–N with tert-alkyl or cyclic N) is 1. The highest BCUT2D eigenvalue weighted by Crippen LogP contribution is 2.18. The van der Waals surface area contributed by atoms with Crippen LogP contribution in [0.3, 0.4) is 0 Å². The fourth-order valence-corrected chi connectivity index (χ4v) is 2.25. The molecule has 1 fully saturated rings. The third-order valence-electron chi connectivity index (χ3n) is 3.39. The van der Waals surface area contributed by atoms with Gasteiger partial charge in [-0.05, 0) is 24.1 Å². The zero-order valence-electron chi connectivity index (χ0n) is 11.1. The Morgan fingerprint density at radius 2 is 2.30 bits per heavy atom. The molecule has 20 heavy (non-hydrogen) atoms. The van der Waals surface area contributed by atoms with E-state index < -0.39 is 24.1 Å². The molecule has 7 nitrogen and oxygen atoms in total. The molecule has 2 atom stereocenters. The molecule has 3 N–H and O–H groups in total. The molecule has 1 aromatic heterocycles. The number of aryl methyl sites for hydroxylation is 1. The van der Waals surface area contributed by atoms with Crippen LogP contribution in [0.2, 0.25) is 0 Å². The lowest BCUT2D eigenvalue weighted by molar-refractivity contribution is -0.141. The van der Waals surface area contributed by atoms with Gasteiger partial charge in [0.15, 0.2) is 0 Å². The number of aliphatic hydroxyl groups is 1. The van der Waals surface area contributed by atoms with Crippen LogP contribution in [0.1, 0.15) is 17.5 Å². The number of hydrogen-bond donors (Lipinski definition) is 3. The van der Waals surface area contributed by atoms with Crippen LogP contribution in [0.15, 0.2) is 18.5 Å². The van der Waals surface area contributed by atoms with E-state index >= 15 is 0 Å². The largest absolute Gasteiger partial charge is 0.480 e. The zero-order valence-corrected chi connectivity index (χ0v) is 11.1. The first-order valence-electron chi connectivity index (χ1n) is 6.34. The normalized spacial score (nSPS) is 21.8. The summed E-state index contributed by atoms with van der Waals surface area (Å²) in [5.74, 6) is -1.10. The molecule has 0 aliphatic carbocycles. The number of pyridine rings is 1. The van der Waals surface area contributed by atoms with Crippen LogP contribution < -0.4 is 5.32 Å². The van der Waals surface area contributed by atoms with Gasteiger partial charge in [0.1, 0.15) is 6.04 Å². The first-order chi connectivity index (χ1) is 9.49. The van der Waals surface area contributed by atoms with E-state index in [1.54, 1.807) is 18.5 Å². The quantitative estimate of drug-likeness (QED) is 0.729. The molecule has 2 rings (SSSR count). The number of carboxylic acid groups (broad SMARTS) is 1. The second-order valence-electron chi connectivity index (χ2n) is 4.86. The number of likely N-dealkylation sites (tertiary alicyclic amines) is 1. The Hall–Kier alpha value is -2.15. The summed E-state index contributed by atoms with van der Waals surface area (Å²) in [6, 6.07) is 0.344. The molecule has 0 spiro atoms.